The number of nitrogens with zero attached hydrogens (tertiary/aromatic N) is 1. The van der Waals surface area contributed by atoms with Crippen molar-refractivity contribution in [1.82, 2.24) is 9.71 Å². The first-order chi connectivity index (χ1) is 8.24. The van der Waals surface area contributed by atoms with Crippen molar-refractivity contribution in [3.05, 3.63) is 21.9 Å². The largest absolute Gasteiger partial charge is 0.243 e. The maximum atomic E-state index is 12.1. The molecule has 1 N–H and O–H groups in total. The number of rotatable bonds is 5. The Kier molecular flexibility index (Phi) is 5.58. The summed E-state index contributed by atoms with van der Waals surface area (Å²) in [6.45, 7) is 6.47. The van der Waals surface area contributed by atoms with Crippen LogP contribution in [0.4, 0.5) is 0 Å². The normalized spacial score (nSPS) is 13.9. The predicted octanol–water partition coefficient (Wildman–Crippen LogP) is 3.07. The maximum Gasteiger partial charge on any atom is 0.243 e. The van der Waals surface area contributed by atoms with Gasteiger partial charge in [0.2, 0.25) is 10.0 Å². The molecule has 0 aliphatic carbocycles. The Hall–Kier alpha value is -0.170. The molecule has 1 unspecified atom stereocenters. The fraction of sp³-hybridized carbons (Fsp3) is 0.545. The zero-order valence-electron chi connectivity index (χ0n) is 10.4. The van der Waals surface area contributed by atoms with Crippen molar-refractivity contribution in [3.63, 3.8) is 0 Å². The predicted molar refractivity (Wildman–Crippen MR) is 76.1 cm³/mol. The first-order valence-electron chi connectivity index (χ1n) is 5.54. The van der Waals surface area contributed by atoms with Gasteiger partial charge in [0.05, 0.1) is 0 Å². The van der Waals surface area contributed by atoms with Gasteiger partial charge >= 0.3 is 0 Å². The number of pyridine rings is 1. The minimum absolute atomic E-state index is 0.00509. The highest BCUT2D eigenvalue weighted by Gasteiger charge is 2.20. The van der Waals surface area contributed by atoms with Crippen LogP contribution in [0.5, 0.6) is 0 Å². The topological polar surface area (TPSA) is 59.1 Å². The molecule has 1 atom stereocenters. The van der Waals surface area contributed by atoms with Crippen molar-refractivity contribution in [2.24, 2.45) is 11.8 Å². The Morgan fingerprint density at radius 3 is 2.61 bits per heavy atom. The summed E-state index contributed by atoms with van der Waals surface area (Å²) in [4.78, 5) is 3.80. The smallest absolute Gasteiger partial charge is 0.242 e. The zero-order valence-corrected chi connectivity index (χ0v) is 13.6. The number of hydrogen-bond acceptors (Lipinski definition) is 3. The van der Waals surface area contributed by atoms with Crippen molar-refractivity contribution in [3.8, 4) is 0 Å². The Bertz CT molecular complexity index is 520. The Labute approximate surface area is 121 Å². The standard InChI is InChI=1S/C11H16BrClN2O2S/c1-7(2)8(3)5-15-18(16,17)10-4-9(12)6-14-11(10)13/h4,6-8,15H,5H2,1-3H3. The maximum absolute atomic E-state index is 12.1. The molecule has 1 aromatic heterocycles. The highest BCUT2D eigenvalue weighted by Crippen LogP contribution is 2.22. The molecule has 1 rings (SSSR count). The van der Waals surface area contributed by atoms with Gasteiger partial charge in [0.25, 0.3) is 0 Å². The number of sulfonamides is 1. The molecule has 0 amide bonds. The SMILES string of the molecule is CC(C)C(C)CNS(=O)(=O)c1cc(Br)cnc1Cl. The summed E-state index contributed by atoms with van der Waals surface area (Å²) in [5.41, 5.74) is 0. The molecule has 7 heteroatoms. The number of nitrogens with one attached hydrogen (secondary N) is 1. The van der Waals surface area contributed by atoms with E-state index >= 15 is 0 Å². The molecular weight excluding hydrogens is 340 g/mol. The third-order valence-electron chi connectivity index (χ3n) is 2.80. The first kappa shape index (κ1) is 15.9. The van der Waals surface area contributed by atoms with E-state index < -0.39 is 10.0 Å². The van der Waals surface area contributed by atoms with Crippen LogP contribution in [0.3, 0.4) is 0 Å². The van der Waals surface area contributed by atoms with Gasteiger partial charge in [0, 0.05) is 17.2 Å². The Morgan fingerprint density at radius 2 is 2.06 bits per heavy atom. The van der Waals surface area contributed by atoms with E-state index in [0.29, 0.717) is 16.9 Å². The van der Waals surface area contributed by atoms with E-state index in [1.54, 1.807) is 0 Å². The van der Waals surface area contributed by atoms with Gasteiger partial charge in [0.1, 0.15) is 10.0 Å². The van der Waals surface area contributed by atoms with E-state index in [0.717, 1.165) is 0 Å². The van der Waals surface area contributed by atoms with E-state index in [4.69, 9.17) is 11.6 Å². The molecule has 0 spiro atoms. The van der Waals surface area contributed by atoms with E-state index in [-0.39, 0.29) is 16.0 Å². The molecule has 0 saturated heterocycles. The summed E-state index contributed by atoms with van der Waals surface area (Å²) in [7, 11) is -3.62. The highest BCUT2D eigenvalue weighted by molar-refractivity contribution is 9.10. The second kappa shape index (κ2) is 6.32. The van der Waals surface area contributed by atoms with Crippen molar-refractivity contribution in [1.29, 1.82) is 0 Å². The monoisotopic (exact) mass is 354 g/mol. The van der Waals surface area contributed by atoms with E-state index in [2.05, 4.69) is 25.6 Å². The average Bonchev–Trinajstić information content (AvgIpc) is 2.29. The van der Waals surface area contributed by atoms with Crippen LogP contribution in [-0.2, 0) is 10.0 Å². The van der Waals surface area contributed by atoms with Gasteiger partial charge in [-0.3, -0.25) is 0 Å². The van der Waals surface area contributed by atoms with Crippen LogP contribution in [0.1, 0.15) is 20.8 Å². The summed E-state index contributed by atoms with van der Waals surface area (Å²) in [6.07, 6.45) is 1.46. The molecule has 0 aromatic carbocycles. The van der Waals surface area contributed by atoms with Gasteiger partial charge in [-0.2, -0.15) is 0 Å². The molecule has 1 aromatic rings. The van der Waals surface area contributed by atoms with Crippen molar-refractivity contribution in [2.75, 3.05) is 6.54 Å². The summed E-state index contributed by atoms with van der Waals surface area (Å²) in [6, 6.07) is 1.44. The lowest BCUT2D eigenvalue weighted by Gasteiger charge is -2.16. The van der Waals surface area contributed by atoms with Gasteiger partial charge in [-0.1, -0.05) is 32.4 Å². The minimum Gasteiger partial charge on any atom is -0.242 e. The highest BCUT2D eigenvalue weighted by atomic mass is 79.9. The van der Waals surface area contributed by atoms with E-state index in [1.165, 1.54) is 12.3 Å². The Balaban J connectivity index is 2.90. The lowest BCUT2D eigenvalue weighted by Crippen LogP contribution is -2.30. The lowest BCUT2D eigenvalue weighted by molar-refractivity contribution is 0.414. The molecule has 102 valence electrons. The summed E-state index contributed by atoms with van der Waals surface area (Å²) < 4.78 is 27.3. The molecule has 1 heterocycles. The molecule has 0 aliphatic heterocycles. The Morgan fingerprint density at radius 1 is 1.44 bits per heavy atom. The third kappa shape index (κ3) is 4.19. The van der Waals surface area contributed by atoms with Crippen LogP contribution in [0.2, 0.25) is 5.15 Å². The first-order valence-corrected chi connectivity index (χ1v) is 8.20. The van der Waals surface area contributed by atoms with E-state index in [9.17, 15) is 8.42 Å². The van der Waals surface area contributed by atoms with Crippen LogP contribution >= 0.6 is 27.5 Å². The zero-order chi connectivity index (χ0) is 13.9. The molecule has 0 fully saturated rings. The number of hydrogen-bond donors (Lipinski definition) is 1. The van der Waals surface area contributed by atoms with E-state index in [1.807, 2.05) is 20.8 Å². The van der Waals surface area contributed by atoms with Crippen LogP contribution in [0, 0.1) is 11.8 Å². The van der Waals surface area contributed by atoms with Gasteiger partial charge in [-0.05, 0) is 33.8 Å². The second-order valence-corrected chi connectivity index (χ2v) is 7.52. The summed E-state index contributed by atoms with van der Waals surface area (Å²) in [5, 5.41) is -0.0251. The van der Waals surface area contributed by atoms with Crippen LogP contribution < -0.4 is 4.72 Å². The fourth-order valence-corrected chi connectivity index (χ4v) is 3.23. The van der Waals surface area contributed by atoms with Crippen LogP contribution in [-0.4, -0.2) is 19.9 Å². The quantitative estimate of drug-likeness (QED) is 0.826. The second-order valence-electron chi connectivity index (χ2n) is 4.52. The summed E-state index contributed by atoms with van der Waals surface area (Å²) in [5.74, 6) is 0.655. The minimum atomic E-state index is -3.62. The molecule has 18 heavy (non-hydrogen) atoms. The van der Waals surface area contributed by atoms with Gasteiger partial charge in [0.15, 0.2) is 0 Å². The molecule has 0 radical (unpaired) electrons. The van der Waals surface area contributed by atoms with Crippen molar-refractivity contribution >= 4 is 37.6 Å². The summed E-state index contributed by atoms with van der Waals surface area (Å²) >= 11 is 8.99. The van der Waals surface area contributed by atoms with Crippen LogP contribution in [0.25, 0.3) is 0 Å². The molecule has 0 aliphatic rings. The van der Waals surface area contributed by atoms with Gasteiger partial charge in [-0.15, -0.1) is 0 Å². The molecular formula is C11H16BrClN2O2S. The molecule has 0 saturated carbocycles. The third-order valence-corrected chi connectivity index (χ3v) is 5.08. The van der Waals surface area contributed by atoms with Gasteiger partial charge < -0.3 is 0 Å². The molecule has 4 nitrogen and oxygen atoms in total. The number of halogens is 2. The van der Waals surface area contributed by atoms with Crippen LogP contribution in [0.15, 0.2) is 21.6 Å². The van der Waals surface area contributed by atoms with Crippen molar-refractivity contribution < 1.29 is 8.42 Å². The fourth-order valence-electron chi connectivity index (χ4n) is 1.15. The molecule has 0 bridgehead atoms. The number of aromatic nitrogens is 1. The van der Waals surface area contributed by atoms with Crippen molar-refractivity contribution in [2.45, 2.75) is 25.7 Å². The average molecular weight is 356 g/mol. The van der Waals surface area contributed by atoms with Gasteiger partial charge in [-0.25, -0.2) is 18.1 Å². The lowest BCUT2D eigenvalue weighted by atomic mass is 9.99.